The SMILES string of the molecule is CC(C)N1CCCC(O)(c2cccc3c2OCC3)CC1. The predicted octanol–water partition coefficient (Wildman–Crippen LogP) is 2.70. The van der Waals surface area contributed by atoms with Crippen molar-refractivity contribution in [2.45, 2.75) is 51.2 Å². The molecule has 1 aromatic rings. The van der Waals surface area contributed by atoms with Crippen molar-refractivity contribution >= 4 is 0 Å². The smallest absolute Gasteiger partial charge is 0.128 e. The van der Waals surface area contributed by atoms with Crippen LogP contribution in [0.25, 0.3) is 0 Å². The highest BCUT2D eigenvalue weighted by Gasteiger charge is 2.36. The molecular weight excluding hydrogens is 250 g/mol. The van der Waals surface area contributed by atoms with Crippen LogP contribution < -0.4 is 4.74 Å². The first kappa shape index (κ1) is 13.9. The molecule has 0 aromatic heterocycles. The minimum Gasteiger partial charge on any atom is -0.493 e. The summed E-state index contributed by atoms with van der Waals surface area (Å²) >= 11 is 0. The number of fused-ring (bicyclic) bond motifs is 1. The fourth-order valence-corrected chi connectivity index (χ4v) is 3.51. The Morgan fingerprint density at radius 1 is 1.25 bits per heavy atom. The van der Waals surface area contributed by atoms with E-state index in [2.05, 4.69) is 36.9 Å². The van der Waals surface area contributed by atoms with Crippen molar-refractivity contribution in [3.05, 3.63) is 29.3 Å². The molecule has 2 aliphatic heterocycles. The Morgan fingerprint density at radius 3 is 2.90 bits per heavy atom. The van der Waals surface area contributed by atoms with Crippen LogP contribution in [0.4, 0.5) is 0 Å². The van der Waals surface area contributed by atoms with Gasteiger partial charge in [0, 0.05) is 24.6 Å². The first-order valence-corrected chi connectivity index (χ1v) is 7.82. The van der Waals surface area contributed by atoms with Gasteiger partial charge in [0.05, 0.1) is 12.2 Å². The van der Waals surface area contributed by atoms with Crippen molar-refractivity contribution in [1.29, 1.82) is 0 Å². The van der Waals surface area contributed by atoms with E-state index in [0.717, 1.165) is 56.7 Å². The molecule has 0 spiro atoms. The van der Waals surface area contributed by atoms with E-state index in [1.165, 1.54) is 5.56 Å². The van der Waals surface area contributed by atoms with Gasteiger partial charge in [-0.25, -0.2) is 0 Å². The molecule has 2 heterocycles. The molecule has 0 bridgehead atoms. The minimum atomic E-state index is -0.723. The number of aliphatic hydroxyl groups is 1. The van der Waals surface area contributed by atoms with Crippen LogP contribution in [0.1, 0.15) is 44.2 Å². The highest BCUT2D eigenvalue weighted by Crippen LogP contribution is 2.41. The van der Waals surface area contributed by atoms with Crippen molar-refractivity contribution in [2.75, 3.05) is 19.7 Å². The number of hydrogen-bond donors (Lipinski definition) is 1. The standard InChI is InChI=1S/C17H25NO2/c1-13(2)18-10-4-8-17(19,9-11-18)15-6-3-5-14-7-12-20-16(14)15/h3,5-6,13,19H,4,7-12H2,1-2H3. The van der Waals surface area contributed by atoms with E-state index >= 15 is 0 Å². The van der Waals surface area contributed by atoms with Gasteiger partial charge in [-0.3, -0.25) is 0 Å². The molecular formula is C17H25NO2. The van der Waals surface area contributed by atoms with E-state index in [4.69, 9.17) is 4.74 Å². The normalized spacial score (nSPS) is 27.2. The number of nitrogens with zero attached hydrogens (tertiary/aromatic N) is 1. The summed E-state index contributed by atoms with van der Waals surface area (Å²) in [4.78, 5) is 2.46. The molecule has 0 saturated carbocycles. The first-order valence-electron chi connectivity index (χ1n) is 7.82. The van der Waals surface area contributed by atoms with Gasteiger partial charge in [-0.05, 0) is 45.2 Å². The number of rotatable bonds is 2. The summed E-state index contributed by atoms with van der Waals surface area (Å²) in [6.45, 7) is 7.25. The van der Waals surface area contributed by atoms with Crippen molar-refractivity contribution in [2.24, 2.45) is 0 Å². The van der Waals surface area contributed by atoms with Crippen LogP contribution in [0.5, 0.6) is 5.75 Å². The van der Waals surface area contributed by atoms with Crippen molar-refractivity contribution in [3.63, 3.8) is 0 Å². The van der Waals surface area contributed by atoms with Crippen LogP contribution in [0, 0.1) is 0 Å². The molecule has 3 nitrogen and oxygen atoms in total. The van der Waals surface area contributed by atoms with Crippen LogP contribution in [0.3, 0.4) is 0 Å². The van der Waals surface area contributed by atoms with Crippen LogP contribution in [0.15, 0.2) is 18.2 Å². The first-order chi connectivity index (χ1) is 9.60. The molecule has 1 N–H and O–H groups in total. The Morgan fingerprint density at radius 2 is 2.10 bits per heavy atom. The summed E-state index contributed by atoms with van der Waals surface area (Å²) in [6.07, 6.45) is 3.64. The highest BCUT2D eigenvalue weighted by molar-refractivity contribution is 5.47. The predicted molar refractivity (Wildman–Crippen MR) is 80.1 cm³/mol. The quantitative estimate of drug-likeness (QED) is 0.901. The number of hydrogen-bond acceptors (Lipinski definition) is 3. The molecule has 1 aromatic carbocycles. The lowest BCUT2D eigenvalue weighted by atomic mass is 9.85. The second-order valence-corrected chi connectivity index (χ2v) is 6.41. The zero-order chi connectivity index (χ0) is 14.2. The van der Waals surface area contributed by atoms with Crippen LogP contribution >= 0.6 is 0 Å². The molecule has 0 aliphatic carbocycles. The van der Waals surface area contributed by atoms with Crippen molar-refractivity contribution < 1.29 is 9.84 Å². The third-order valence-electron chi connectivity index (χ3n) is 4.79. The number of likely N-dealkylation sites (tertiary alicyclic amines) is 1. The van der Waals surface area contributed by atoms with Crippen LogP contribution in [-0.2, 0) is 12.0 Å². The zero-order valence-corrected chi connectivity index (χ0v) is 12.6. The highest BCUT2D eigenvalue weighted by atomic mass is 16.5. The molecule has 1 saturated heterocycles. The number of benzene rings is 1. The van der Waals surface area contributed by atoms with Crippen molar-refractivity contribution in [3.8, 4) is 5.75 Å². The van der Waals surface area contributed by atoms with E-state index in [1.54, 1.807) is 0 Å². The van der Waals surface area contributed by atoms with Crippen LogP contribution in [-0.4, -0.2) is 35.7 Å². The van der Waals surface area contributed by atoms with Gasteiger partial charge in [0.25, 0.3) is 0 Å². The molecule has 1 atom stereocenters. The zero-order valence-electron chi connectivity index (χ0n) is 12.6. The molecule has 2 aliphatic rings. The van der Waals surface area contributed by atoms with Gasteiger partial charge in [0.2, 0.25) is 0 Å². The molecule has 0 radical (unpaired) electrons. The van der Waals surface area contributed by atoms with Gasteiger partial charge < -0.3 is 14.7 Å². The lowest BCUT2D eigenvalue weighted by Crippen LogP contribution is -2.33. The number of ether oxygens (including phenoxy) is 1. The van der Waals surface area contributed by atoms with E-state index < -0.39 is 5.60 Å². The Hall–Kier alpha value is -1.06. The van der Waals surface area contributed by atoms with Gasteiger partial charge in [-0.2, -0.15) is 0 Å². The molecule has 3 heteroatoms. The Balaban J connectivity index is 1.87. The van der Waals surface area contributed by atoms with Crippen molar-refractivity contribution in [1.82, 2.24) is 4.90 Å². The Labute approximate surface area is 121 Å². The molecule has 20 heavy (non-hydrogen) atoms. The maximum Gasteiger partial charge on any atom is 0.128 e. The maximum absolute atomic E-state index is 11.2. The van der Waals surface area contributed by atoms with Gasteiger partial charge >= 0.3 is 0 Å². The third-order valence-corrected chi connectivity index (χ3v) is 4.79. The Kier molecular flexibility index (Phi) is 3.74. The lowest BCUT2D eigenvalue weighted by Gasteiger charge is -2.29. The second kappa shape index (κ2) is 5.38. The van der Waals surface area contributed by atoms with E-state index in [9.17, 15) is 5.11 Å². The summed E-state index contributed by atoms with van der Waals surface area (Å²) in [7, 11) is 0. The third kappa shape index (κ3) is 2.45. The summed E-state index contributed by atoms with van der Waals surface area (Å²) in [5.74, 6) is 0.952. The fraction of sp³-hybridized carbons (Fsp3) is 0.647. The molecule has 0 amide bonds. The molecule has 3 rings (SSSR count). The lowest BCUT2D eigenvalue weighted by molar-refractivity contribution is 0.0182. The van der Waals surface area contributed by atoms with Gasteiger partial charge in [0.15, 0.2) is 0 Å². The van der Waals surface area contributed by atoms with Gasteiger partial charge in [-0.15, -0.1) is 0 Å². The van der Waals surface area contributed by atoms with E-state index in [1.807, 2.05) is 0 Å². The second-order valence-electron chi connectivity index (χ2n) is 6.41. The minimum absolute atomic E-state index is 0.551. The molecule has 110 valence electrons. The summed E-state index contributed by atoms with van der Waals surface area (Å²) < 4.78 is 5.79. The van der Waals surface area contributed by atoms with E-state index in [-0.39, 0.29) is 0 Å². The average molecular weight is 275 g/mol. The van der Waals surface area contributed by atoms with E-state index in [0.29, 0.717) is 6.04 Å². The average Bonchev–Trinajstić information content (AvgIpc) is 2.81. The summed E-state index contributed by atoms with van der Waals surface area (Å²) in [6, 6.07) is 6.78. The number of para-hydroxylation sites is 1. The largest absolute Gasteiger partial charge is 0.493 e. The topological polar surface area (TPSA) is 32.7 Å². The fourth-order valence-electron chi connectivity index (χ4n) is 3.51. The van der Waals surface area contributed by atoms with Gasteiger partial charge in [-0.1, -0.05) is 18.2 Å². The maximum atomic E-state index is 11.2. The monoisotopic (exact) mass is 275 g/mol. The summed E-state index contributed by atoms with van der Waals surface area (Å²) in [5.41, 5.74) is 1.54. The van der Waals surface area contributed by atoms with Crippen LogP contribution in [0.2, 0.25) is 0 Å². The molecule has 1 unspecified atom stereocenters. The Bertz CT molecular complexity index is 486. The molecule has 1 fully saturated rings. The van der Waals surface area contributed by atoms with Gasteiger partial charge in [0.1, 0.15) is 5.75 Å². The summed E-state index contributed by atoms with van der Waals surface area (Å²) in [5, 5.41) is 11.2.